The second-order valence-corrected chi connectivity index (χ2v) is 7.75. The van der Waals surface area contributed by atoms with Crippen molar-refractivity contribution in [2.24, 2.45) is 0 Å². The van der Waals surface area contributed by atoms with Crippen molar-refractivity contribution in [3.05, 3.63) is 35.9 Å². The van der Waals surface area contributed by atoms with Gasteiger partial charge in [-0.15, -0.1) is 0 Å². The number of likely N-dealkylation sites (tertiary alicyclic amines) is 1. The summed E-state index contributed by atoms with van der Waals surface area (Å²) in [5.74, 6) is 0. The van der Waals surface area contributed by atoms with Gasteiger partial charge in [0, 0.05) is 13.1 Å². The molecule has 0 saturated carbocycles. The molecular weight excluding hydrogens is 320 g/mol. The molecule has 1 saturated heterocycles. The largest absolute Gasteiger partial charge is 0.445 e. The molecule has 0 bridgehead atoms. The van der Waals surface area contributed by atoms with Gasteiger partial charge in [0.2, 0.25) is 0 Å². The molecule has 2 rings (SSSR count). The van der Waals surface area contributed by atoms with E-state index in [9.17, 15) is 9.59 Å². The number of nitrogens with one attached hydrogen (secondary N) is 1. The van der Waals surface area contributed by atoms with Crippen molar-refractivity contribution in [2.45, 2.75) is 58.3 Å². The molecule has 1 atom stereocenters. The lowest BCUT2D eigenvalue weighted by Crippen LogP contribution is -2.58. The van der Waals surface area contributed by atoms with Gasteiger partial charge in [-0.2, -0.15) is 0 Å². The van der Waals surface area contributed by atoms with E-state index in [1.54, 1.807) is 4.90 Å². The Morgan fingerprint density at radius 1 is 1.24 bits per heavy atom. The van der Waals surface area contributed by atoms with Gasteiger partial charge >= 0.3 is 12.2 Å². The van der Waals surface area contributed by atoms with Crippen LogP contribution in [0.1, 0.15) is 46.1 Å². The summed E-state index contributed by atoms with van der Waals surface area (Å²) in [5.41, 5.74) is -0.127. The fraction of sp³-hybridized carbons (Fsp3) is 0.579. The van der Waals surface area contributed by atoms with E-state index in [2.05, 4.69) is 5.32 Å². The van der Waals surface area contributed by atoms with Crippen LogP contribution in [0.3, 0.4) is 0 Å². The highest BCUT2D eigenvalue weighted by Gasteiger charge is 2.36. The lowest BCUT2D eigenvalue weighted by atomic mass is 9.91. The fourth-order valence-corrected chi connectivity index (χ4v) is 2.83. The summed E-state index contributed by atoms with van der Waals surface area (Å²) in [6.07, 6.45) is 0.761. The number of carbonyl (C=O) groups excluding carboxylic acids is 2. The Labute approximate surface area is 149 Å². The number of benzene rings is 1. The van der Waals surface area contributed by atoms with Crippen LogP contribution in [0.4, 0.5) is 9.59 Å². The molecule has 1 aromatic rings. The molecule has 1 N–H and O–H groups in total. The maximum absolute atomic E-state index is 12.3. The molecule has 1 aromatic carbocycles. The van der Waals surface area contributed by atoms with Crippen molar-refractivity contribution < 1.29 is 19.1 Å². The third-order valence-electron chi connectivity index (χ3n) is 3.96. The average molecular weight is 348 g/mol. The number of piperidine rings is 1. The van der Waals surface area contributed by atoms with Gasteiger partial charge in [0.1, 0.15) is 12.2 Å². The zero-order valence-electron chi connectivity index (χ0n) is 15.5. The zero-order chi connectivity index (χ0) is 18.5. The Bertz CT molecular complexity index is 597. The Balaban J connectivity index is 1.87. The van der Waals surface area contributed by atoms with E-state index >= 15 is 0 Å². The summed E-state index contributed by atoms with van der Waals surface area (Å²) in [6, 6.07) is 9.52. The Morgan fingerprint density at radius 2 is 1.92 bits per heavy atom. The van der Waals surface area contributed by atoms with Crippen LogP contribution in [0.15, 0.2) is 30.3 Å². The highest BCUT2D eigenvalue weighted by molar-refractivity contribution is 5.70. The monoisotopic (exact) mass is 348 g/mol. The molecular formula is C19H28N2O4. The molecule has 138 valence electrons. The summed E-state index contributed by atoms with van der Waals surface area (Å²) in [5, 5.41) is 2.90. The minimum Gasteiger partial charge on any atom is -0.445 e. The van der Waals surface area contributed by atoms with Crippen molar-refractivity contribution in [1.29, 1.82) is 0 Å². The zero-order valence-corrected chi connectivity index (χ0v) is 15.5. The summed E-state index contributed by atoms with van der Waals surface area (Å²) >= 11 is 0. The molecule has 1 aliphatic rings. The quantitative estimate of drug-likeness (QED) is 0.904. The molecule has 6 heteroatoms. The lowest BCUT2D eigenvalue weighted by Gasteiger charge is -2.40. The van der Waals surface area contributed by atoms with Crippen molar-refractivity contribution in [3.8, 4) is 0 Å². The van der Waals surface area contributed by atoms with Gasteiger partial charge in [0.25, 0.3) is 0 Å². The van der Waals surface area contributed by atoms with E-state index in [1.165, 1.54) is 0 Å². The maximum Gasteiger partial charge on any atom is 0.410 e. The van der Waals surface area contributed by atoms with E-state index in [0.29, 0.717) is 13.1 Å². The van der Waals surface area contributed by atoms with Crippen LogP contribution in [0, 0.1) is 0 Å². The highest BCUT2D eigenvalue weighted by atomic mass is 16.6. The van der Waals surface area contributed by atoms with E-state index in [1.807, 2.05) is 58.0 Å². The van der Waals surface area contributed by atoms with Crippen LogP contribution >= 0.6 is 0 Å². The second-order valence-electron chi connectivity index (χ2n) is 7.75. The Kier molecular flexibility index (Phi) is 5.93. The van der Waals surface area contributed by atoms with Gasteiger partial charge in [-0.1, -0.05) is 30.3 Å². The number of hydrogen-bond acceptors (Lipinski definition) is 4. The predicted octanol–water partition coefficient (Wildman–Crippen LogP) is 3.70. The molecule has 1 unspecified atom stereocenters. The van der Waals surface area contributed by atoms with Crippen molar-refractivity contribution >= 4 is 12.2 Å². The second kappa shape index (κ2) is 7.76. The molecule has 1 aliphatic heterocycles. The normalized spacial score (nSPS) is 20.7. The minimum absolute atomic E-state index is 0.221. The molecule has 0 radical (unpaired) electrons. The number of hydrogen-bond donors (Lipinski definition) is 1. The van der Waals surface area contributed by atoms with Gasteiger partial charge in [0.05, 0.1) is 5.54 Å². The van der Waals surface area contributed by atoms with Gasteiger partial charge in [0.15, 0.2) is 0 Å². The average Bonchev–Trinajstić information content (AvgIpc) is 2.52. The molecule has 2 amide bonds. The molecule has 0 spiro atoms. The van der Waals surface area contributed by atoms with E-state index in [-0.39, 0.29) is 12.7 Å². The maximum atomic E-state index is 12.3. The molecule has 0 aromatic heterocycles. The number of amides is 2. The Morgan fingerprint density at radius 3 is 2.56 bits per heavy atom. The number of carbonyl (C=O) groups is 2. The summed E-state index contributed by atoms with van der Waals surface area (Å²) in [7, 11) is 0. The highest BCUT2D eigenvalue weighted by Crippen LogP contribution is 2.23. The van der Waals surface area contributed by atoms with Crippen LogP contribution in [0.2, 0.25) is 0 Å². The Hall–Kier alpha value is -2.24. The smallest absolute Gasteiger partial charge is 0.410 e. The lowest BCUT2D eigenvalue weighted by molar-refractivity contribution is 0.0117. The first-order valence-corrected chi connectivity index (χ1v) is 8.64. The van der Waals surface area contributed by atoms with Crippen LogP contribution < -0.4 is 5.32 Å². The molecule has 1 fully saturated rings. The number of nitrogens with zero attached hydrogens (tertiary/aromatic N) is 1. The minimum atomic E-state index is -0.535. The first kappa shape index (κ1) is 19.1. The first-order valence-electron chi connectivity index (χ1n) is 8.64. The molecule has 25 heavy (non-hydrogen) atoms. The molecule has 6 nitrogen and oxygen atoms in total. The van der Waals surface area contributed by atoms with Crippen LogP contribution in [-0.4, -0.2) is 41.3 Å². The van der Waals surface area contributed by atoms with Gasteiger partial charge in [-0.05, 0) is 46.1 Å². The number of ether oxygens (including phenoxy) is 2. The third-order valence-corrected chi connectivity index (χ3v) is 3.96. The van der Waals surface area contributed by atoms with Gasteiger partial charge < -0.3 is 19.7 Å². The predicted molar refractivity (Wildman–Crippen MR) is 95.2 cm³/mol. The fourth-order valence-electron chi connectivity index (χ4n) is 2.83. The van der Waals surface area contributed by atoms with Gasteiger partial charge in [-0.25, -0.2) is 9.59 Å². The van der Waals surface area contributed by atoms with Crippen molar-refractivity contribution in [2.75, 3.05) is 13.1 Å². The van der Waals surface area contributed by atoms with E-state index in [4.69, 9.17) is 9.47 Å². The van der Waals surface area contributed by atoms with Crippen LogP contribution in [0.25, 0.3) is 0 Å². The molecule has 0 aliphatic carbocycles. The third kappa shape index (κ3) is 6.29. The van der Waals surface area contributed by atoms with Crippen LogP contribution in [0.5, 0.6) is 0 Å². The number of alkyl carbamates (subject to hydrolysis) is 1. The topological polar surface area (TPSA) is 67.9 Å². The summed E-state index contributed by atoms with van der Waals surface area (Å²) in [4.78, 5) is 26.0. The van der Waals surface area contributed by atoms with Crippen molar-refractivity contribution in [3.63, 3.8) is 0 Å². The van der Waals surface area contributed by atoms with Gasteiger partial charge in [-0.3, -0.25) is 0 Å². The van der Waals surface area contributed by atoms with E-state index < -0.39 is 17.2 Å². The first-order chi connectivity index (χ1) is 11.7. The summed E-state index contributed by atoms with van der Waals surface area (Å²) < 4.78 is 10.7. The molecule has 1 heterocycles. The van der Waals surface area contributed by atoms with Crippen molar-refractivity contribution in [1.82, 2.24) is 10.2 Å². The van der Waals surface area contributed by atoms with E-state index in [0.717, 1.165) is 18.4 Å². The summed E-state index contributed by atoms with van der Waals surface area (Å²) in [6.45, 7) is 8.70. The standard InChI is InChI=1S/C19H28N2O4/c1-18(2,3)25-17(23)21-12-8-11-19(4,14-21)20-16(22)24-13-15-9-6-5-7-10-15/h5-7,9-10H,8,11-14H2,1-4H3,(H,20,22). The van der Waals surface area contributed by atoms with Crippen LogP contribution in [-0.2, 0) is 16.1 Å². The number of rotatable bonds is 3. The SMILES string of the molecule is CC1(NC(=O)OCc2ccccc2)CCCN(C(=O)OC(C)(C)C)C1.